The van der Waals surface area contributed by atoms with Crippen molar-refractivity contribution in [2.45, 2.75) is 18.4 Å². The number of imidazole rings is 1. The largest absolute Gasteiger partial charge is 0.479 e. The average molecular weight is 344 g/mol. The van der Waals surface area contributed by atoms with Crippen LogP contribution < -0.4 is 4.90 Å². The number of carbonyl (C=O) groups is 2. The number of carboxylic acid groups (broad SMARTS) is 1. The van der Waals surface area contributed by atoms with E-state index in [0.29, 0.717) is 31.7 Å². The van der Waals surface area contributed by atoms with Gasteiger partial charge in [-0.15, -0.1) is 0 Å². The fourth-order valence-corrected chi connectivity index (χ4v) is 3.04. The van der Waals surface area contributed by atoms with Gasteiger partial charge in [-0.3, -0.25) is 9.78 Å². The molecule has 9 nitrogen and oxygen atoms in total. The number of aliphatic carboxylic acids is 1. The smallest absolute Gasteiger partial charge is 0.330 e. The van der Waals surface area contributed by atoms with Gasteiger partial charge >= 0.3 is 5.97 Å². The van der Waals surface area contributed by atoms with Gasteiger partial charge in [0.1, 0.15) is 17.1 Å². The SMILES string of the molecule is CN(C)C(=O)c1cncc(N2CCC(C(=O)O)(n3ccnc3)CC2)n1. The summed E-state index contributed by atoms with van der Waals surface area (Å²) in [5.41, 5.74) is -0.732. The Labute approximate surface area is 144 Å². The number of rotatable bonds is 4. The van der Waals surface area contributed by atoms with E-state index in [4.69, 9.17) is 0 Å². The number of hydrogen-bond donors (Lipinski definition) is 1. The Morgan fingerprint density at radius 1 is 1.20 bits per heavy atom. The van der Waals surface area contributed by atoms with Crippen molar-refractivity contribution < 1.29 is 14.7 Å². The topological polar surface area (TPSA) is 104 Å². The van der Waals surface area contributed by atoms with Crippen molar-refractivity contribution in [1.29, 1.82) is 0 Å². The molecule has 1 N–H and O–H groups in total. The predicted octanol–water partition coefficient (Wildman–Crippen LogP) is 0.455. The van der Waals surface area contributed by atoms with Crippen LogP contribution in [0.1, 0.15) is 23.3 Å². The first-order valence-corrected chi connectivity index (χ1v) is 7.94. The number of piperidine rings is 1. The van der Waals surface area contributed by atoms with Gasteiger partial charge in [0.05, 0.1) is 18.7 Å². The number of hydrogen-bond acceptors (Lipinski definition) is 6. The lowest BCUT2D eigenvalue weighted by Gasteiger charge is -2.40. The molecule has 132 valence electrons. The van der Waals surface area contributed by atoms with Crippen LogP contribution in [-0.4, -0.2) is 68.6 Å². The van der Waals surface area contributed by atoms with Crippen LogP contribution >= 0.6 is 0 Å². The molecule has 2 aromatic heterocycles. The first kappa shape index (κ1) is 16.9. The lowest BCUT2D eigenvalue weighted by Crippen LogP contribution is -2.51. The van der Waals surface area contributed by atoms with E-state index in [2.05, 4.69) is 15.0 Å². The van der Waals surface area contributed by atoms with Crippen molar-refractivity contribution in [3.05, 3.63) is 36.8 Å². The Balaban J connectivity index is 1.79. The predicted molar refractivity (Wildman–Crippen MR) is 89.3 cm³/mol. The summed E-state index contributed by atoms with van der Waals surface area (Å²) in [5.74, 6) is -0.505. The van der Waals surface area contributed by atoms with E-state index in [1.165, 1.54) is 11.1 Å². The molecule has 0 aliphatic carbocycles. The molecule has 0 spiro atoms. The van der Waals surface area contributed by atoms with Crippen LogP contribution in [0.4, 0.5) is 5.82 Å². The highest BCUT2D eigenvalue weighted by atomic mass is 16.4. The van der Waals surface area contributed by atoms with Crippen LogP contribution in [0, 0.1) is 0 Å². The Bertz CT molecular complexity index is 766. The molecule has 1 aliphatic rings. The van der Waals surface area contributed by atoms with Gasteiger partial charge in [-0.1, -0.05) is 0 Å². The normalized spacial score (nSPS) is 16.5. The number of amides is 1. The third-order valence-electron chi connectivity index (χ3n) is 4.56. The molecule has 0 atom stereocenters. The lowest BCUT2D eigenvalue weighted by atomic mass is 9.87. The van der Waals surface area contributed by atoms with Crippen LogP contribution in [0.25, 0.3) is 0 Å². The van der Waals surface area contributed by atoms with Crippen LogP contribution in [0.15, 0.2) is 31.1 Å². The molecular formula is C16H20N6O3. The van der Waals surface area contributed by atoms with E-state index in [1.54, 1.807) is 43.6 Å². The summed E-state index contributed by atoms with van der Waals surface area (Å²) in [4.78, 5) is 39.8. The molecular weight excluding hydrogens is 324 g/mol. The van der Waals surface area contributed by atoms with Crippen molar-refractivity contribution in [3.63, 3.8) is 0 Å². The van der Waals surface area contributed by atoms with Gasteiger partial charge in [0, 0.05) is 39.6 Å². The van der Waals surface area contributed by atoms with E-state index in [9.17, 15) is 14.7 Å². The Hall–Kier alpha value is -2.97. The Kier molecular flexibility index (Phi) is 4.39. The Morgan fingerprint density at radius 2 is 1.92 bits per heavy atom. The highest BCUT2D eigenvalue weighted by Gasteiger charge is 2.43. The summed E-state index contributed by atoms with van der Waals surface area (Å²) < 4.78 is 1.66. The Morgan fingerprint density at radius 3 is 2.48 bits per heavy atom. The molecule has 3 heterocycles. The van der Waals surface area contributed by atoms with Gasteiger partial charge in [-0.2, -0.15) is 0 Å². The van der Waals surface area contributed by atoms with Gasteiger partial charge < -0.3 is 19.5 Å². The molecule has 0 bridgehead atoms. The summed E-state index contributed by atoms with van der Waals surface area (Å²) in [6, 6.07) is 0. The summed E-state index contributed by atoms with van der Waals surface area (Å²) in [6.07, 6.45) is 8.65. The van der Waals surface area contributed by atoms with E-state index < -0.39 is 11.5 Å². The summed E-state index contributed by atoms with van der Waals surface area (Å²) in [5, 5.41) is 9.75. The van der Waals surface area contributed by atoms with Gasteiger partial charge in [0.15, 0.2) is 0 Å². The number of aromatic nitrogens is 4. The molecule has 0 aromatic carbocycles. The molecule has 2 aromatic rings. The average Bonchev–Trinajstić information content (AvgIpc) is 3.16. The second-order valence-corrected chi connectivity index (χ2v) is 6.26. The molecule has 1 fully saturated rings. The highest BCUT2D eigenvalue weighted by Crippen LogP contribution is 2.32. The first-order valence-electron chi connectivity index (χ1n) is 7.94. The third-order valence-corrected chi connectivity index (χ3v) is 4.56. The summed E-state index contributed by atoms with van der Waals surface area (Å²) >= 11 is 0. The fourth-order valence-electron chi connectivity index (χ4n) is 3.04. The summed E-state index contributed by atoms with van der Waals surface area (Å²) in [6.45, 7) is 0.998. The maximum absolute atomic E-state index is 12.0. The zero-order valence-corrected chi connectivity index (χ0v) is 14.2. The van der Waals surface area contributed by atoms with Gasteiger partial charge in [0.2, 0.25) is 0 Å². The second-order valence-electron chi connectivity index (χ2n) is 6.26. The minimum absolute atomic E-state index is 0.218. The lowest BCUT2D eigenvalue weighted by molar-refractivity contribution is -0.148. The van der Waals surface area contributed by atoms with Gasteiger partial charge in [-0.25, -0.2) is 14.8 Å². The standard InChI is InChI=1S/C16H20N6O3/c1-20(2)14(23)12-9-18-10-13(19-12)21-6-3-16(4-7-21,15(24)25)22-8-5-17-11-22/h5,8-11H,3-4,6-7H2,1-2H3,(H,24,25). The third kappa shape index (κ3) is 3.04. The second kappa shape index (κ2) is 6.50. The maximum Gasteiger partial charge on any atom is 0.330 e. The molecule has 1 amide bonds. The van der Waals surface area contributed by atoms with E-state index in [0.717, 1.165) is 0 Å². The molecule has 0 unspecified atom stereocenters. The number of carbonyl (C=O) groups excluding carboxylic acids is 1. The van der Waals surface area contributed by atoms with Crippen molar-refractivity contribution in [3.8, 4) is 0 Å². The molecule has 0 saturated carbocycles. The molecule has 25 heavy (non-hydrogen) atoms. The van der Waals surface area contributed by atoms with E-state index in [1.807, 2.05) is 4.90 Å². The van der Waals surface area contributed by atoms with Crippen molar-refractivity contribution >= 4 is 17.7 Å². The molecule has 0 radical (unpaired) electrons. The van der Waals surface area contributed by atoms with Gasteiger partial charge in [-0.05, 0) is 12.8 Å². The summed E-state index contributed by atoms with van der Waals surface area (Å²) in [7, 11) is 3.31. The van der Waals surface area contributed by atoms with E-state index >= 15 is 0 Å². The molecule has 3 rings (SSSR count). The fraction of sp³-hybridized carbons (Fsp3) is 0.438. The van der Waals surface area contributed by atoms with Crippen LogP contribution in [0.5, 0.6) is 0 Å². The number of carboxylic acids is 1. The van der Waals surface area contributed by atoms with Gasteiger partial charge in [0.25, 0.3) is 5.91 Å². The van der Waals surface area contributed by atoms with Crippen molar-refractivity contribution in [2.24, 2.45) is 0 Å². The number of anilines is 1. The van der Waals surface area contributed by atoms with E-state index in [-0.39, 0.29) is 11.6 Å². The molecule has 1 saturated heterocycles. The van der Waals surface area contributed by atoms with Crippen LogP contribution in [0.2, 0.25) is 0 Å². The van der Waals surface area contributed by atoms with Crippen molar-refractivity contribution in [1.82, 2.24) is 24.4 Å². The van der Waals surface area contributed by atoms with Crippen LogP contribution in [-0.2, 0) is 10.3 Å². The zero-order chi connectivity index (χ0) is 18.0. The molecule has 9 heteroatoms. The highest BCUT2D eigenvalue weighted by molar-refractivity contribution is 5.91. The minimum Gasteiger partial charge on any atom is -0.479 e. The quantitative estimate of drug-likeness (QED) is 0.859. The minimum atomic E-state index is -1.00. The number of nitrogens with zero attached hydrogens (tertiary/aromatic N) is 6. The molecule has 1 aliphatic heterocycles. The zero-order valence-electron chi connectivity index (χ0n) is 14.2. The first-order chi connectivity index (χ1) is 11.9. The van der Waals surface area contributed by atoms with Crippen LogP contribution in [0.3, 0.4) is 0 Å². The van der Waals surface area contributed by atoms with Crippen molar-refractivity contribution in [2.75, 3.05) is 32.1 Å². The maximum atomic E-state index is 12.0. The monoisotopic (exact) mass is 344 g/mol.